The lowest BCUT2D eigenvalue weighted by molar-refractivity contribution is -0.135. The van der Waals surface area contributed by atoms with Crippen LogP contribution in [0.1, 0.15) is 0 Å². The van der Waals surface area contributed by atoms with Crippen molar-refractivity contribution in [2.45, 2.75) is 0 Å². The molecule has 6 nitrogen and oxygen atoms in total. The molecule has 0 unspecified atom stereocenters. The first-order chi connectivity index (χ1) is 7.24. The van der Waals surface area contributed by atoms with Crippen molar-refractivity contribution in [3.63, 3.8) is 0 Å². The summed E-state index contributed by atoms with van der Waals surface area (Å²) < 4.78 is 4.90. The Labute approximate surface area is 87.5 Å². The predicted molar refractivity (Wildman–Crippen MR) is 53.8 cm³/mol. The molecule has 0 radical (unpaired) electrons. The molecule has 1 aromatic rings. The van der Waals surface area contributed by atoms with Crippen LogP contribution in [0.25, 0.3) is 0 Å². The van der Waals surface area contributed by atoms with Gasteiger partial charge in [-0.15, -0.1) is 0 Å². The number of hydrogen-bond acceptors (Lipinski definition) is 5. The maximum absolute atomic E-state index is 10.6. The molecule has 1 rings (SSSR count). The van der Waals surface area contributed by atoms with E-state index < -0.39 is 5.97 Å². The summed E-state index contributed by atoms with van der Waals surface area (Å²) in [5.74, 6) is -0.311. The van der Waals surface area contributed by atoms with Crippen LogP contribution >= 0.6 is 0 Å². The van der Waals surface area contributed by atoms with E-state index in [4.69, 9.17) is 9.84 Å². The highest BCUT2D eigenvalue weighted by atomic mass is 16.5. The van der Waals surface area contributed by atoms with Crippen molar-refractivity contribution in [3.8, 4) is 0 Å². The molecule has 1 heterocycles. The summed E-state index contributed by atoms with van der Waals surface area (Å²) in [6.45, 7) is 0.845. The highest BCUT2D eigenvalue weighted by Gasteiger charge is 2.10. The molecule has 0 fully saturated rings. The Kier molecular flexibility index (Phi) is 4.49. The molecule has 0 aliphatic heterocycles. The predicted octanol–water partition coefficient (Wildman–Crippen LogP) is 0.0140. The Morgan fingerprint density at radius 2 is 2.47 bits per heavy atom. The Balaban J connectivity index is 2.67. The molecule has 6 heteroatoms. The van der Waals surface area contributed by atoms with Crippen LogP contribution in [0, 0.1) is 0 Å². The number of aromatic nitrogens is 2. The third kappa shape index (κ3) is 3.90. The lowest BCUT2D eigenvalue weighted by atomic mass is 10.4. The largest absolute Gasteiger partial charge is 0.480 e. The van der Waals surface area contributed by atoms with Gasteiger partial charge < -0.3 is 14.7 Å². The molecule has 0 aromatic carbocycles. The lowest BCUT2D eigenvalue weighted by Crippen LogP contribution is -2.33. The summed E-state index contributed by atoms with van der Waals surface area (Å²) in [5, 5.41) is 8.72. The second kappa shape index (κ2) is 5.92. The van der Waals surface area contributed by atoms with Crippen molar-refractivity contribution in [3.05, 3.63) is 18.6 Å². The molecular weight excluding hydrogens is 198 g/mol. The smallest absolute Gasteiger partial charge is 0.323 e. The number of carbonyl (C=O) groups is 1. The minimum absolute atomic E-state index is 0.0969. The van der Waals surface area contributed by atoms with E-state index in [0.29, 0.717) is 19.0 Å². The normalized spacial score (nSPS) is 9.93. The van der Waals surface area contributed by atoms with Crippen molar-refractivity contribution >= 4 is 11.8 Å². The first-order valence-corrected chi connectivity index (χ1v) is 4.45. The van der Waals surface area contributed by atoms with Gasteiger partial charge in [-0.05, 0) is 6.07 Å². The number of hydrogen-bond donors (Lipinski definition) is 1. The zero-order valence-electron chi connectivity index (χ0n) is 8.46. The summed E-state index contributed by atoms with van der Waals surface area (Å²) in [6, 6.07) is 1.67. The van der Waals surface area contributed by atoms with Crippen LogP contribution in [0.5, 0.6) is 0 Å². The van der Waals surface area contributed by atoms with Crippen LogP contribution in [0.3, 0.4) is 0 Å². The summed E-state index contributed by atoms with van der Waals surface area (Å²) in [6.07, 6.45) is 2.96. The molecule has 1 aromatic heterocycles. The molecule has 0 atom stereocenters. The maximum Gasteiger partial charge on any atom is 0.323 e. The summed E-state index contributed by atoms with van der Waals surface area (Å²) in [4.78, 5) is 20.0. The van der Waals surface area contributed by atoms with E-state index in [0.717, 1.165) is 0 Å². The monoisotopic (exact) mass is 211 g/mol. The summed E-state index contributed by atoms with van der Waals surface area (Å²) >= 11 is 0. The fraction of sp³-hybridized carbons (Fsp3) is 0.444. The first-order valence-electron chi connectivity index (χ1n) is 4.45. The number of rotatable bonds is 6. The van der Waals surface area contributed by atoms with E-state index in [2.05, 4.69) is 9.97 Å². The van der Waals surface area contributed by atoms with Crippen molar-refractivity contribution in [2.75, 3.05) is 31.7 Å². The fourth-order valence-corrected chi connectivity index (χ4v) is 1.11. The molecule has 0 bridgehead atoms. The van der Waals surface area contributed by atoms with Gasteiger partial charge in [-0.1, -0.05) is 0 Å². The Bertz CT molecular complexity index is 305. The van der Waals surface area contributed by atoms with Crippen molar-refractivity contribution < 1.29 is 14.6 Å². The quantitative estimate of drug-likeness (QED) is 0.714. The van der Waals surface area contributed by atoms with E-state index in [1.807, 2.05) is 0 Å². The number of carboxylic acid groups (broad SMARTS) is 1. The maximum atomic E-state index is 10.6. The van der Waals surface area contributed by atoms with Crippen LogP contribution in [-0.4, -0.2) is 47.8 Å². The van der Waals surface area contributed by atoms with Gasteiger partial charge in [-0.3, -0.25) is 4.79 Å². The Morgan fingerprint density at radius 3 is 3.00 bits per heavy atom. The molecule has 0 aliphatic rings. The number of ether oxygens (including phenoxy) is 1. The fourth-order valence-electron chi connectivity index (χ4n) is 1.11. The number of aliphatic carboxylic acids is 1. The van der Waals surface area contributed by atoms with Gasteiger partial charge in [-0.25, -0.2) is 9.97 Å². The Hall–Kier alpha value is -1.69. The van der Waals surface area contributed by atoms with Crippen LogP contribution in [0.2, 0.25) is 0 Å². The van der Waals surface area contributed by atoms with Gasteiger partial charge in [0, 0.05) is 19.9 Å². The van der Waals surface area contributed by atoms with Crippen LogP contribution in [0.15, 0.2) is 18.6 Å². The number of nitrogens with zero attached hydrogens (tertiary/aromatic N) is 3. The van der Waals surface area contributed by atoms with Gasteiger partial charge in [0.1, 0.15) is 18.7 Å². The average molecular weight is 211 g/mol. The molecule has 0 amide bonds. The third-order valence-corrected chi connectivity index (χ3v) is 1.78. The van der Waals surface area contributed by atoms with Gasteiger partial charge in [0.25, 0.3) is 0 Å². The second-order valence-corrected chi connectivity index (χ2v) is 2.88. The second-order valence-electron chi connectivity index (χ2n) is 2.88. The van der Waals surface area contributed by atoms with Crippen LogP contribution in [0.4, 0.5) is 5.82 Å². The molecule has 0 saturated carbocycles. The van der Waals surface area contributed by atoms with Crippen LogP contribution in [-0.2, 0) is 9.53 Å². The number of anilines is 1. The van der Waals surface area contributed by atoms with E-state index >= 15 is 0 Å². The molecule has 0 aliphatic carbocycles. The van der Waals surface area contributed by atoms with E-state index in [1.54, 1.807) is 24.3 Å². The highest BCUT2D eigenvalue weighted by molar-refractivity contribution is 5.73. The molecule has 82 valence electrons. The van der Waals surface area contributed by atoms with Gasteiger partial charge in [0.2, 0.25) is 0 Å². The molecule has 0 spiro atoms. The van der Waals surface area contributed by atoms with Gasteiger partial charge in [0.15, 0.2) is 0 Å². The van der Waals surface area contributed by atoms with Crippen LogP contribution < -0.4 is 4.90 Å². The van der Waals surface area contributed by atoms with Gasteiger partial charge in [0.05, 0.1) is 6.61 Å². The van der Waals surface area contributed by atoms with E-state index in [-0.39, 0.29) is 6.54 Å². The van der Waals surface area contributed by atoms with Gasteiger partial charge >= 0.3 is 5.97 Å². The highest BCUT2D eigenvalue weighted by Crippen LogP contribution is 2.06. The number of carboxylic acids is 1. The van der Waals surface area contributed by atoms with Crippen molar-refractivity contribution in [2.24, 2.45) is 0 Å². The zero-order valence-corrected chi connectivity index (χ0v) is 8.46. The summed E-state index contributed by atoms with van der Waals surface area (Å²) in [7, 11) is 1.57. The van der Waals surface area contributed by atoms with E-state index in [9.17, 15) is 4.79 Å². The zero-order chi connectivity index (χ0) is 11.1. The minimum Gasteiger partial charge on any atom is -0.480 e. The lowest BCUT2D eigenvalue weighted by Gasteiger charge is -2.20. The van der Waals surface area contributed by atoms with Crippen molar-refractivity contribution in [1.82, 2.24) is 9.97 Å². The first kappa shape index (κ1) is 11.4. The Morgan fingerprint density at radius 1 is 1.67 bits per heavy atom. The summed E-state index contributed by atoms with van der Waals surface area (Å²) in [5.41, 5.74) is 0. The standard InChI is InChI=1S/C9H13N3O3/c1-15-5-4-12(6-9(13)14)8-2-3-10-7-11-8/h2-3,7H,4-6H2,1H3,(H,13,14). The van der Waals surface area contributed by atoms with Crippen molar-refractivity contribution in [1.29, 1.82) is 0 Å². The minimum atomic E-state index is -0.898. The van der Waals surface area contributed by atoms with Gasteiger partial charge in [-0.2, -0.15) is 0 Å². The third-order valence-electron chi connectivity index (χ3n) is 1.78. The molecule has 15 heavy (non-hydrogen) atoms. The SMILES string of the molecule is COCCN(CC(=O)O)c1ccncn1. The topological polar surface area (TPSA) is 75.5 Å². The average Bonchev–Trinajstić information content (AvgIpc) is 2.25. The molecular formula is C9H13N3O3. The number of methoxy groups -OCH3 is 1. The molecule has 0 saturated heterocycles. The molecule has 1 N–H and O–H groups in total. The van der Waals surface area contributed by atoms with E-state index in [1.165, 1.54) is 6.33 Å².